The van der Waals surface area contributed by atoms with Crippen molar-refractivity contribution in [1.29, 1.82) is 0 Å². The zero-order chi connectivity index (χ0) is 31.7. The van der Waals surface area contributed by atoms with E-state index in [0.717, 1.165) is 43.2 Å². The van der Waals surface area contributed by atoms with Gasteiger partial charge in [-0.25, -0.2) is 0 Å². The van der Waals surface area contributed by atoms with Crippen LogP contribution in [0.1, 0.15) is 37.1 Å². The lowest BCUT2D eigenvalue weighted by atomic mass is 10.2. The van der Waals surface area contributed by atoms with Gasteiger partial charge >= 0.3 is 0 Å². The quantitative estimate of drug-likeness (QED) is 0.105. The van der Waals surface area contributed by atoms with E-state index < -0.39 is 0 Å². The van der Waals surface area contributed by atoms with Crippen LogP contribution in [0.5, 0.6) is 11.5 Å². The molecule has 2 aromatic heterocycles. The lowest BCUT2D eigenvalue weighted by Gasteiger charge is -2.14. The Labute approximate surface area is 277 Å². The Morgan fingerprint density at radius 1 is 0.587 bits per heavy atom. The van der Waals surface area contributed by atoms with E-state index in [0.29, 0.717) is 12.5 Å². The van der Waals surface area contributed by atoms with E-state index in [9.17, 15) is 0 Å². The summed E-state index contributed by atoms with van der Waals surface area (Å²) < 4.78 is 16.1. The average molecular weight is 634 g/mol. The topological polar surface area (TPSA) is 31.6 Å². The zero-order valence-electron chi connectivity index (χ0n) is 27.0. The Morgan fingerprint density at radius 2 is 1.04 bits per heavy atom. The van der Waals surface area contributed by atoms with Crippen LogP contribution in [0.3, 0.4) is 0 Å². The van der Waals surface area contributed by atoms with Crippen LogP contribution in [0.25, 0.3) is 33.2 Å². The molecule has 0 amide bonds. The van der Waals surface area contributed by atoms with Gasteiger partial charge in [0.2, 0.25) is 0 Å². The van der Waals surface area contributed by atoms with Crippen LogP contribution in [0, 0.1) is 13.8 Å². The summed E-state index contributed by atoms with van der Waals surface area (Å²) in [6.07, 6.45) is 4.68. The highest BCUT2D eigenvalue weighted by atomic mass is 35.5. The van der Waals surface area contributed by atoms with Crippen LogP contribution in [0.15, 0.2) is 109 Å². The number of aryl methyl sites for hydroxylation is 2. The summed E-state index contributed by atoms with van der Waals surface area (Å²) in [6.45, 7) is 9.42. The molecule has 5 nitrogen and oxygen atoms in total. The number of nitrogens with zero attached hydrogens (tertiary/aromatic N) is 3. The molecule has 1 saturated heterocycles. The highest BCUT2D eigenvalue weighted by molar-refractivity contribution is 6.17. The molecule has 1 aliphatic heterocycles. The van der Waals surface area contributed by atoms with Crippen LogP contribution in [-0.2, 0) is 0 Å². The van der Waals surface area contributed by atoms with Gasteiger partial charge in [-0.3, -0.25) is 0 Å². The van der Waals surface area contributed by atoms with Crippen molar-refractivity contribution in [2.75, 3.05) is 38.7 Å². The van der Waals surface area contributed by atoms with Crippen molar-refractivity contribution in [2.24, 2.45) is 0 Å². The van der Waals surface area contributed by atoms with Crippen molar-refractivity contribution >= 4 is 33.4 Å². The van der Waals surface area contributed by atoms with Gasteiger partial charge in [-0.1, -0.05) is 36.4 Å². The first kappa shape index (κ1) is 31.8. The molecule has 0 atom stereocenters. The SMILES string of the molecule is Cc1cc2ccccc2n1-c1ccc(OCCCCl)cc1.Cc1cc2ccccc2n1-c1ccc(OCCCN2CCCC2)cc1. The molecule has 4 aromatic carbocycles. The third-order valence-corrected chi connectivity index (χ3v) is 8.88. The van der Waals surface area contributed by atoms with E-state index in [1.165, 1.54) is 64.8 Å². The molecule has 46 heavy (non-hydrogen) atoms. The van der Waals surface area contributed by atoms with Gasteiger partial charge in [0.1, 0.15) is 11.5 Å². The maximum atomic E-state index is 5.92. The second-order valence-corrected chi connectivity index (χ2v) is 12.4. The van der Waals surface area contributed by atoms with Gasteiger partial charge in [-0.15, -0.1) is 11.6 Å². The largest absolute Gasteiger partial charge is 0.494 e. The fourth-order valence-electron chi connectivity index (χ4n) is 6.38. The number of rotatable bonds is 11. The maximum Gasteiger partial charge on any atom is 0.119 e. The minimum absolute atomic E-state index is 0.632. The van der Waals surface area contributed by atoms with Gasteiger partial charge in [0.05, 0.1) is 24.2 Å². The number of ether oxygens (including phenoxy) is 2. The van der Waals surface area contributed by atoms with E-state index in [4.69, 9.17) is 21.1 Å². The Morgan fingerprint density at radius 3 is 1.52 bits per heavy atom. The molecule has 0 spiro atoms. The van der Waals surface area contributed by atoms with Crippen LogP contribution in [-0.4, -0.2) is 52.8 Å². The molecule has 7 rings (SSSR count). The molecule has 6 aromatic rings. The highest BCUT2D eigenvalue weighted by Gasteiger charge is 2.11. The van der Waals surface area contributed by atoms with Gasteiger partial charge in [0.25, 0.3) is 0 Å². The van der Waals surface area contributed by atoms with E-state index >= 15 is 0 Å². The van der Waals surface area contributed by atoms with E-state index in [1.54, 1.807) is 0 Å². The fraction of sp³-hybridized carbons (Fsp3) is 0.300. The molecule has 0 saturated carbocycles. The summed E-state index contributed by atoms with van der Waals surface area (Å²) in [6, 6.07) is 38.1. The average Bonchev–Trinajstić information content (AvgIpc) is 3.81. The van der Waals surface area contributed by atoms with Gasteiger partial charge in [-0.05, 0) is 125 Å². The molecule has 0 bridgehead atoms. The summed E-state index contributed by atoms with van der Waals surface area (Å²) >= 11 is 5.65. The summed E-state index contributed by atoms with van der Waals surface area (Å²) in [5, 5.41) is 2.54. The van der Waals surface area contributed by atoms with Crippen LogP contribution >= 0.6 is 11.6 Å². The smallest absolute Gasteiger partial charge is 0.119 e. The number of para-hydroxylation sites is 2. The zero-order valence-corrected chi connectivity index (χ0v) is 27.8. The number of halogens is 1. The lowest BCUT2D eigenvalue weighted by Crippen LogP contribution is -2.21. The number of hydrogen-bond donors (Lipinski definition) is 0. The summed E-state index contributed by atoms with van der Waals surface area (Å²) in [7, 11) is 0. The molecule has 1 fully saturated rings. The molecule has 238 valence electrons. The van der Waals surface area contributed by atoms with Crippen LogP contribution in [0.2, 0.25) is 0 Å². The number of hydrogen-bond acceptors (Lipinski definition) is 3. The molecule has 0 radical (unpaired) electrons. The Hall–Kier alpha value is -4.19. The number of alkyl halides is 1. The van der Waals surface area contributed by atoms with Crippen molar-refractivity contribution in [3.8, 4) is 22.9 Å². The first-order valence-corrected chi connectivity index (χ1v) is 17.0. The van der Waals surface area contributed by atoms with Gasteiger partial charge in [0.15, 0.2) is 0 Å². The summed E-state index contributed by atoms with van der Waals surface area (Å²) in [5.41, 5.74) is 7.29. The molecule has 0 unspecified atom stereocenters. The van der Waals surface area contributed by atoms with Crippen molar-refractivity contribution in [3.63, 3.8) is 0 Å². The number of likely N-dealkylation sites (tertiary alicyclic amines) is 1. The van der Waals surface area contributed by atoms with Crippen molar-refractivity contribution in [1.82, 2.24) is 14.0 Å². The fourth-order valence-corrected chi connectivity index (χ4v) is 6.49. The van der Waals surface area contributed by atoms with Crippen molar-refractivity contribution < 1.29 is 9.47 Å². The van der Waals surface area contributed by atoms with Gasteiger partial charge in [-0.2, -0.15) is 0 Å². The standard InChI is InChI=1S/C22H26N2O.C18H18ClNO/c1-18-17-19-7-2-3-8-22(19)24(18)20-9-11-21(12-10-20)25-16-6-15-23-13-4-5-14-23;1-14-13-15-5-2-3-6-18(15)20(14)16-7-9-17(10-8-16)21-12-4-11-19/h2-3,7-12,17H,4-6,13-16H2,1H3;2-3,5-10,13H,4,11-12H2,1H3. The predicted molar refractivity (Wildman–Crippen MR) is 193 cm³/mol. The van der Waals surface area contributed by atoms with Gasteiger partial charge in [0, 0.05) is 46.0 Å². The molecule has 0 N–H and O–H groups in total. The van der Waals surface area contributed by atoms with Crippen molar-refractivity contribution in [2.45, 2.75) is 39.5 Å². The first-order valence-electron chi connectivity index (χ1n) is 16.5. The molecular formula is C40H44ClN3O2. The molecule has 0 aliphatic carbocycles. The second kappa shape index (κ2) is 15.4. The Bertz CT molecular complexity index is 1830. The lowest BCUT2D eigenvalue weighted by molar-refractivity contribution is 0.263. The molecular weight excluding hydrogens is 590 g/mol. The third kappa shape index (κ3) is 7.60. The summed E-state index contributed by atoms with van der Waals surface area (Å²) in [5.74, 6) is 2.48. The van der Waals surface area contributed by atoms with Crippen LogP contribution in [0.4, 0.5) is 0 Å². The molecule has 6 heteroatoms. The van der Waals surface area contributed by atoms with E-state index in [1.807, 2.05) is 12.1 Å². The molecule has 1 aliphatic rings. The van der Waals surface area contributed by atoms with Crippen molar-refractivity contribution in [3.05, 3.63) is 121 Å². The monoisotopic (exact) mass is 633 g/mol. The number of fused-ring (bicyclic) bond motifs is 2. The predicted octanol–water partition coefficient (Wildman–Crippen LogP) is 9.75. The number of aromatic nitrogens is 2. The first-order chi connectivity index (χ1) is 22.6. The third-order valence-electron chi connectivity index (χ3n) is 8.61. The number of benzene rings is 4. The minimum atomic E-state index is 0.632. The van der Waals surface area contributed by atoms with Crippen LogP contribution < -0.4 is 9.47 Å². The van der Waals surface area contributed by atoms with E-state index in [-0.39, 0.29) is 0 Å². The molecule has 3 heterocycles. The van der Waals surface area contributed by atoms with E-state index in [2.05, 4.69) is 125 Å². The minimum Gasteiger partial charge on any atom is -0.494 e. The Balaban J connectivity index is 0.000000164. The summed E-state index contributed by atoms with van der Waals surface area (Å²) in [4.78, 5) is 2.53. The highest BCUT2D eigenvalue weighted by Crippen LogP contribution is 2.27. The Kier molecular flexibility index (Phi) is 10.6. The second-order valence-electron chi connectivity index (χ2n) is 12.0. The maximum absolute atomic E-state index is 5.92. The van der Waals surface area contributed by atoms with Gasteiger partial charge < -0.3 is 23.5 Å². The normalized spacial score (nSPS) is 13.2.